The first-order chi connectivity index (χ1) is 9.66. The van der Waals surface area contributed by atoms with Crippen molar-refractivity contribution in [1.29, 1.82) is 0 Å². The fraction of sp³-hybridized carbons (Fsp3) is 1.00. The van der Waals surface area contributed by atoms with Crippen LogP contribution >= 0.6 is 0 Å². The van der Waals surface area contributed by atoms with E-state index in [0.29, 0.717) is 30.0 Å². The van der Waals surface area contributed by atoms with Crippen LogP contribution in [0.5, 0.6) is 0 Å². The fourth-order valence-corrected chi connectivity index (χ4v) is 3.66. The molecule has 1 rings (SSSR count). The minimum atomic E-state index is 0.0289. The van der Waals surface area contributed by atoms with Crippen molar-refractivity contribution in [2.75, 3.05) is 0 Å². The lowest BCUT2D eigenvalue weighted by Crippen LogP contribution is -2.35. The van der Waals surface area contributed by atoms with E-state index in [1.54, 1.807) is 0 Å². The summed E-state index contributed by atoms with van der Waals surface area (Å²) in [6.45, 7) is 13.6. The lowest BCUT2D eigenvalue weighted by molar-refractivity contribution is -0.114. The zero-order valence-corrected chi connectivity index (χ0v) is 14.5. The van der Waals surface area contributed by atoms with Crippen molar-refractivity contribution in [2.45, 2.75) is 98.6 Å². The van der Waals surface area contributed by atoms with Crippen LogP contribution in [0.3, 0.4) is 0 Å². The SMILES string of the molecule is CCC(CC)C1OC(C(CC)CC)C(C(CC)CC)O1. The minimum Gasteiger partial charge on any atom is -0.346 e. The van der Waals surface area contributed by atoms with Crippen LogP contribution < -0.4 is 0 Å². The maximum atomic E-state index is 6.42. The smallest absolute Gasteiger partial charge is 0.161 e. The third-order valence-electron chi connectivity index (χ3n) is 5.37. The number of rotatable bonds is 9. The molecule has 1 aliphatic rings. The molecule has 1 aliphatic heterocycles. The van der Waals surface area contributed by atoms with E-state index in [2.05, 4.69) is 41.5 Å². The number of hydrogen-bond acceptors (Lipinski definition) is 2. The van der Waals surface area contributed by atoms with Gasteiger partial charge in [0.25, 0.3) is 0 Å². The molecule has 0 aromatic rings. The summed E-state index contributed by atoms with van der Waals surface area (Å²) < 4.78 is 12.8. The highest BCUT2D eigenvalue weighted by molar-refractivity contribution is 4.88. The number of hydrogen-bond donors (Lipinski definition) is 0. The zero-order chi connectivity index (χ0) is 15.1. The van der Waals surface area contributed by atoms with Gasteiger partial charge in [-0.15, -0.1) is 0 Å². The van der Waals surface area contributed by atoms with Gasteiger partial charge >= 0.3 is 0 Å². The molecule has 0 spiro atoms. The molecule has 1 fully saturated rings. The van der Waals surface area contributed by atoms with E-state index in [1.807, 2.05) is 0 Å². The number of ether oxygens (including phenoxy) is 2. The first kappa shape index (κ1) is 18.0. The van der Waals surface area contributed by atoms with E-state index in [0.717, 1.165) is 12.8 Å². The summed E-state index contributed by atoms with van der Waals surface area (Å²) in [5.74, 6) is 1.83. The summed E-state index contributed by atoms with van der Waals surface area (Å²) in [5.41, 5.74) is 0. The van der Waals surface area contributed by atoms with Gasteiger partial charge in [0.05, 0.1) is 12.2 Å². The van der Waals surface area contributed by atoms with Crippen LogP contribution in [0.2, 0.25) is 0 Å². The molecule has 1 saturated heterocycles. The van der Waals surface area contributed by atoms with E-state index in [4.69, 9.17) is 9.47 Å². The predicted octanol–water partition coefficient (Wildman–Crippen LogP) is 5.41. The van der Waals surface area contributed by atoms with Crippen LogP contribution in [-0.2, 0) is 9.47 Å². The van der Waals surface area contributed by atoms with Gasteiger partial charge in [-0.3, -0.25) is 0 Å². The van der Waals surface area contributed by atoms with E-state index in [-0.39, 0.29) is 6.29 Å². The van der Waals surface area contributed by atoms with Gasteiger partial charge in [-0.1, -0.05) is 67.2 Å². The second-order valence-electron chi connectivity index (χ2n) is 6.30. The Balaban J connectivity index is 2.86. The molecule has 2 atom stereocenters. The minimum absolute atomic E-state index is 0.0289. The molecule has 0 radical (unpaired) electrons. The highest BCUT2D eigenvalue weighted by Gasteiger charge is 2.44. The molecule has 0 bridgehead atoms. The first-order valence-corrected chi connectivity index (χ1v) is 8.97. The van der Waals surface area contributed by atoms with Crippen LogP contribution in [0.1, 0.15) is 80.1 Å². The average Bonchev–Trinajstić information content (AvgIpc) is 2.88. The maximum Gasteiger partial charge on any atom is 0.161 e. The zero-order valence-electron chi connectivity index (χ0n) is 14.5. The molecular weight excluding hydrogens is 248 g/mol. The Hall–Kier alpha value is -0.0800. The monoisotopic (exact) mass is 284 g/mol. The van der Waals surface area contributed by atoms with E-state index in [1.165, 1.54) is 25.7 Å². The Bertz CT molecular complexity index is 222. The molecular formula is C18H36O2. The summed E-state index contributed by atoms with van der Waals surface area (Å²) in [5, 5.41) is 0. The van der Waals surface area contributed by atoms with E-state index in [9.17, 15) is 0 Å². The van der Waals surface area contributed by atoms with Gasteiger partial charge in [-0.25, -0.2) is 0 Å². The normalized spacial score (nSPS) is 27.1. The van der Waals surface area contributed by atoms with Crippen molar-refractivity contribution >= 4 is 0 Å². The second kappa shape index (κ2) is 9.04. The van der Waals surface area contributed by atoms with Crippen LogP contribution in [0.15, 0.2) is 0 Å². The van der Waals surface area contributed by atoms with Crippen molar-refractivity contribution < 1.29 is 9.47 Å². The fourth-order valence-electron chi connectivity index (χ4n) is 3.66. The molecule has 20 heavy (non-hydrogen) atoms. The molecule has 2 heteroatoms. The van der Waals surface area contributed by atoms with Gasteiger partial charge in [-0.05, 0) is 24.7 Å². The van der Waals surface area contributed by atoms with Gasteiger partial charge < -0.3 is 9.47 Å². The Morgan fingerprint density at radius 2 is 0.850 bits per heavy atom. The molecule has 0 aromatic carbocycles. The molecule has 120 valence electrons. The standard InChI is InChI=1S/C18H36O2/c1-7-13(8-2)16-17(14(9-3)10-4)20-18(19-16)15(11-5)12-6/h13-18H,7-12H2,1-6H3. The van der Waals surface area contributed by atoms with Gasteiger partial charge in [0, 0.05) is 5.92 Å². The Kier molecular flexibility index (Phi) is 8.13. The molecule has 0 aromatic heterocycles. The summed E-state index contributed by atoms with van der Waals surface area (Å²) in [6, 6.07) is 0. The van der Waals surface area contributed by atoms with Crippen LogP contribution in [0.4, 0.5) is 0 Å². The lowest BCUT2D eigenvalue weighted by Gasteiger charge is -2.29. The lowest BCUT2D eigenvalue weighted by atomic mass is 9.84. The van der Waals surface area contributed by atoms with Crippen molar-refractivity contribution in [3.8, 4) is 0 Å². The summed E-state index contributed by atoms with van der Waals surface area (Å²) in [7, 11) is 0. The third kappa shape index (κ3) is 3.98. The van der Waals surface area contributed by atoms with Crippen molar-refractivity contribution in [3.63, 3.8) is 0 Å². The van der Waals surface area contributed by atoms with Gasteiger partial charge in [0.1, 0.15) is 0 Å². The van der Waals surface area contributed by atoms with Crippen LogP contribution in [0.25, 0.3) is 0 Å². The van der Waals surface area contributed by atoms with Crippen molar-refractivity contribution in [2.24, 2.45) is 17.8 Å². The highest BCUT2D eigenvalue weighted by Crippen LogP contribution is 2.38. The molecule has 2 nitrogen and oxygen atoms in total. The van der Waals surface area contributed by atoms with Crippen molar-refractivity contribution in [1.82, 2.24) is 0 Å². The van der Waals surface area contributed by atoms with Gasteiger partial charge in [0.15, 0.2) is 6.29 Å². The molecule has 0 aliphatic carbocycles. The second-order valence-corrected chi connectivity index (χ2v) is 6.30. The van der Waals surface area contributed by atoms with Crippen LogP contribution in [0, 0.1) is 17.8 Å². The molecule has 0 saturated carbocycles. The molecule has 0 N–H and O–H groups in total. The average molecular weight is 284 g/mol. The van der Waals surface area contributed by atoms with Crippen molar-refractivity contribution in [3.05, 3.63) is 0 Å². The molecule has 0 amide bonds. The largest absolute Gasteiger partial charge is 0.346 e. The highest BCUT2D eigenvalue weighted by atomic mass is 16.7. The molecule has 1 heterocycles. The van der Waals surface area contributed by atoms with Gasteiger partial charge in [-0.2, -0.15) is 0 Å². The third-order valence-corrected chi connectivity index (χ3v) is 5.37. The van der Waals surface area contributed by atoms with Crippen LogP contribution in [-0.4, -0.2) is 18.5 Å². The Morgan fingerprint density at radius 3 is 1.10 bits per heavy atom. The quantitative estimate of drug-likeness (QED) is 0.564. The topological polar surface area (TPSA) is 18.5 Å². The Labute approximate surface area is 126 Å². The summed E-state index contributed by atoms with van der Waals surface area (Å²) in [4.78, 5) is 0. The summed E-state index contributed by atoms with van der Waals surface area (Å²) >= 11 is 0. The summed E-state index contributed by atoms with van der Waals surface area (Å²) in [6.07, 6.45) is 7.70. The predicted molar refractivity (Wildman–Crippen MR) is 85.8 cm³/mol. The Morgan fingerprint density at radius 1 is 0.550 bits per heavy atom. The van der Waals surface area contributed by atoms with E-state index < -0.39 is 0 Å². The van der Waals surface area contributed by atoms with E-state index >= 15 is 0 Å². The molecule has 2 unspecified atom stereocenters. The van der Waals surface area contributed by atoms with Gasteiger partial charge in [0.2, 0.25) is 0 Å². The first-order valence-electron chi connectivity index (χ1n) is 8.97. The maximum absolute atomic E-state index is 6.42.